The number of thiocarbonyl (C=S) groups is 1. The Hall–Kier alpha value is -3.23. The smallest absolute Gasteiger partial charge is 0.256 e. The number of rotatable bonds is 7. The second-order valence-corrected chi connectivity index (χ2v) is 8.82. The van der Waals surface area contributed by atoms with Gasteiger partial charge >= 0.3 is 0 Å². The number of halogens is 1. The number of nitrogens with one attached hydrogen (secondary N) is 1. The van der Waals surface area contributed by atoms with E-state index in [0.29, 0.717) is 23.0 Å². The highest BCUT2D eigenvalue weighted by atomic mass is 79.9. The molecule has 6 nitrogen and oxygen atoms in total. The van der Waals surface area contributed by atoms with E-state index in [0.717, 1.165) is 15.8 Å². The van der Waals surface area contributed by atoms with Crippen LogP contribution in [0, 0.1) is 0 Å². The van der Waals surface area contributed by atoms with Crippen LogP contribution in [0.4, 0.5) is 11.4 Å². The fourth-order valence-electron chi connectivity index (χ4n) is 3.68. The molecule has 0 aromatic heterocycles. The molecule has 2 amide bonds. The first kappa shape index (κ1) is 22.9. The zero-order valence-electron chi connectivity index (χ0n) is 17.9. The van der Waals surface area contributed by atoms with Crippen molar-refractivity contribution in [3.8, 4) is 5.75 Å². The lowest BCUT2D eigenvalue weighted by Crippen LogP contribution is -2.37. The Balaban J connectivity index is 1.58. The minimum absolute atomic E-state index is 0.0193. The summed E-state index contributed by atoms with van der Waals surface area (Å²) < 4.78 is 6.15. The summed E-state index contributed by atoms with van der Waals surface area (Å²) in [7, 11) is 1.61. The van der Waals surface area contributed by atoms with Crippen molar-refractivity contribution in [2.24, 2.45) is 0 Å². The molecule has 1 unspecified atom stereocenters. The Bertz CT molecular complexity index is 1150. The van der Waals surface area contributed by atoms with E-state index in [9.17, 15) is 9.59 Å². The molecule has 8 heteroatoms. The van der Waals surface area contributed by atoms with Crippen LogP contribution in [0.3, 0.4) is 0 Å². The van der Waals surface area contributed by atoms with E-state index < -0.39 is 6.04 Å². The Labute approximate surface area is 206 Å². The maximum atomic E-state index is 13.4. The number of methoxy groups -OCH3 is 1. The van der Waals surface area contributed by atoms with Gasteiger partial charge < -0.3 is 15.0 Å². The van der Waals surface area contributed by atoms with Gasteiger partial charge in [0.15, 0.2) is 5.11 Å². The monoisotopic (exact) mass is 523 g/mol. The maximum absolute atomic E-state index is 13.4. The van der Waals surface area contributed by atoms with Gasteiger partial charge in [-0.25, -0.2) is 0 Å². The van der Waals surface area contributed by atoms with Gasteiger partial charge in [0.1, 0.15) is 11.8 Å². The van der Waals surface area contributed by atoms with Gasteiger partial charge in [0, 0.05) is 16.7 Å². The lowest BCUT2D eigenvalue weighted by atomic mass is 10.1. The van der Waals surface area contributed by atoms with Crippen LogP contribution in [0.5, 0.6) is 5.75 Å². The zero-order chi connectivity index (χ0) is 23.4. The van der Waals surface area contributed by atoms with Gasteiger partial charge in [0.2, 0.25) is 5.91 Å². The SMILES string of the molecule is COc1ccc(CN2C(=S)N(c3ccccc3)C(=O)C2CC(=O)Nc2ccc(Br)cc2)cc1. The standard InChI is InChI=1S/C25H22BrN3O3S/c1-32-21-13-7-17(8-14-21)16-28-22(15-23(30)27-19-11-9-18(26)10-12-19)24(31)29(25(28)33)20-5-3-2-4-6-20/h2-14,22H,15-16H2,1H3,(H,27,30). The molecule has 1 N–H and O–H groups in total. The molecule has 0 spiro atoms. The third kappa shape index (κ3) is 5.23. The van der Waals surface area contributed by atoms with Crippen molar-refractivity contribution in [1.82, 2.24) is 4.90 Å². The van der Waals surface area contributed by atoms with Crippen LogP contribution in [-0.4, -0.2) is 35.0 Å². The van der Waals surface area contributed by atoms with Gasteiger partial charge in [-0.15, -0.1) is 0 Å². The van der Waals surface area contributed by atoms with E-state index in [1.54, 1.807) is 19.2 Å². The summed E-state index contributed by atoms with van der Waals surface area (Å²) in [6.07, 6.45) is -0.0193. The number of carbonyl (C=O) groups excluding carboxylic acids is 2. The van der Waals surface area contributed by atoms with Crippen LogP contribution in [0.25, 0.3) is 0 Å². The predicted octanol–water partition coefficient (Wildman–Crippen LogP) is 4.99. The molecule has 3 aromatic rings. The topological polar surface area (TPSA) is 61.9 Å². The first-order valence-corrected chi connectivity index (χ1v) is 11.5. The van der Waals surface area contributed by atoms with Gasteiger partial charge in [-0.1, -0.05) is 46.3 Å². The van der Waals surface area contributed by atoms with E-state index >= 15 is 0 Å². The third-order valence-electron chi connectivity index (χ3n) is 5.35. The molecule has 1 atom stereocenters. The fourth-order valence-corrected chi connectivity index (χ4v) is 4.33. The van der Waals surface area contributed by atoms with Crippen LogP contribution in [0.2, 0.25) is 0 Å². The summed E-state index contributed by atoms with van der Waals surface area (Å²) in [6.45, 7) is 0.397. The number of carbonyl (C=O) groups is 2. The molecule has 1 fully saturated rings. The fraction of sp³-hybridized carbons (Fsp3) is 0.160. The van der Waals surface area contributed by atoms with Crippen molar-refractivity contribution < 1.29 is 14.3 Å². The highest BCUT2D eigenvalue weighted by Gasteiger charge is 2.44. The van der Waals surface area contributed by atoms with Crippen molar-refractivity contribution in [2.75, 3.05) is 17.3 Å². The van der Waals surface area contributed by atoms with Gasteiger partial charge in [-0.05, 0) is 66.3 Å². The molecule has 1 saturated heterocycles. The van der Waals surface area contributed by atoms with E-state index in [1.807, 2.05) is 71.6 Å². The van der Waals surface area contributed by atoms with Crippen LogP contribution in [0.15, 0.2) is 83.3 Å². The molecule has 0 saturated carbocycles. The van der Waals surface area contributed by atoms with Crippen molar-refractivity contribution in [3.63, 3.8) is 0 Å². The number of anilines is 2. The predicted molar refractivity (Wildman–Crippen MR) is 136 cm³/mol. The summed E-state index contributed by atoms with van der Waals surface area (Å²) in [5, 5.41) is 3.25. The van der Waals surface area contributed by atoms with Gasteiger partial charge in [0.25, 0.3) is 5.91 Å². The minimum atomic E-state index is -0.713. The number of amides is 2. The zero-order valence-corrected chi connectivity index (χ0v) is 20.3. The normalized spacial score (nSPS) is 15.6. The van der Waals surface area contributed by atoms with E-state index in [4.69, 9.17) is 17.0 Å². The third-order valence-corrected chi connectivity index (χ3v) is 6.30. The average molecular weight is 524 g/mol. The quantitative estimate of drug-likeness (QED) is 0.442. The molecule has 1 heterocycles. The second-order valence-electron chi connectivity index (χ2n) is 7.54. The molecular formula is C25H22BrN3O3S. The van der Waals surface area contributed by atoms with Crippen LogP contribution in [-0.2, 0) is 16.1 Å². The molecule has 0 aliphatic carbocycles. The number of hydrogen-bond acceptors (Lipinski definition) is 4. The molecular weight excluding hydrogens is 502 g/mol. The van der Waals surface area contributed by atoms with Gasteiger partial charge in [0.05, 0.1) is 19.2 Å². The van der Waals surface area contributed by atoms with E-state index in [1.165, 1.54) is 4.90 Å². The second kappa shape index (κ2) is 10.1. The molecule has 0 bridgehead atoms. The van der Waals surface area contributed by atoms with Gasteiger partial charge in [-0.3, -0.25) is 14.5 Å². The summed E-state index contributed by atoms with van der Waals surface area (Å²) in [6, 6.07) is 23.4. The largest absolute Gasteiger partial charge is 0.497 e. The number of nitrogens with zero attached hydrogens (tertiary/aromatic N) is 2. The van der Waals surface area contributed by atoms with E-state index in [-0.39, 0.29) is 18.2 Å². The van der Waals surface area contributed by atoms with Crippen LogP contribution < -0.4 is 15.0 Å². The lowest BCUT2D eigenvalue weighted by molar-refractivity contribution is -0.124. The number of ether oxygens (including phenoxy) is 1. The Morgan fingerprint density at radius 2 is 1.70 bits per heavy atom. The number of para-hydroxylation sites is 1. The lowest BCUT2D eigenvalue weighted by Gasteiger charge is -2.24. The molecule has 0 radical (unpaired) electrons. The summed E-state index contributed by atoms with van der Waals surface area (Å²) in [5.41, 5.74) is 2.31. The molecule has 33 heavy (non-hydrogen) atoms. The summed E-state index contributed by atoms with van der Waals surface area (Å²) >= 11 is 9.09. The van der Waals surface area contributed by atoms with Gasteiger partial charge in [-0.2, -0.15) is 0 Å². The molecule has 1 aliphatic rings. The maximum Gasteiger partial charge on any atom is 0.256 e. The summed E-state index contributed by atoms with van der Waals surface area (Å²) in [5.74, 6) is 0.272. The van der Waals surface area contributed by atoms with Crippen LogP contribution >= 0.6 is 28.1 Å². The Morgan fingerprint density at radius 1 is 1.03 bits per heavy atom. The first-order chi connectivity index (χ1) is 16.0. The van der Waals surface area contributed by atoms with Crippen LogP contribution in [0.1, 0.15) is 12.0 Å². The molecule has 1 aliphatic heterocycles. The first-order valence-electron chi connectivity index (χ1n) is 10.3. The van der Waals surface area contributed by atoms with Crippen molar-refractivity contribution in [3.05, 3.63) is 88.9 Å². The number of benzene rings is 3. The van der Waals surface area contributed by atoms with Crippen molar-refractivity contribution in [2.45, 2.75) is 19.0 Å². The van der Waals surface area contributed by atoms with E-state index in [2.05, 4.69) is 21.2 Å². The van der Waals surface area contributed by atoms with Crippen molar-refractivity contribution in [1.29, 1.82) is 0 Å². The van der Waals surface area contributed by atoms with Crippen molar-refractivity contribution >= 4 is 56.4 Å². The minimum Gasteiger partial charge on any atom is -0.497 e. The Kier molecular flexibility index (Phi) is 7.05. The number of hydrogen-bond donors (Lipinski definition) is 1. The highest BCUT2D eigenvalue weighted by Crippen LogP contribution is 2.29. The molecule has 168 valence electrons. The summed E-state index contributed by atoms with van der Waals surface area (Å²) in [4.78, 5) is 29.6. The molecule has 3 aromatic carbocycles. The highest BCUT2D eigenvalue weighted by molar-refractivity contribution is 9.10. The Morgan fingerprint density at radius 3 is 2.33 bits per heavy atom. The average Bonchev–Trinajstić information content (AvgIpc) is 3.05. The molecule has 4 rings (SSSR count).